The summed E-state index contributed by atoms with van der Waals surface area (Å²) in [5, 5.41) is 21.0. The SMILES string of the molecule is Oc1ccc2c3c1OC1C(O)CCC4(F)[C@@H](C2)N(CC2CCC2)CC[C@]314. The van der Waals surface area contributed by atoms with Gasteiger partial charge in [-0.1, -0.05) is 12.5 Å². The first-order valence-electron chi connectivity index (χ1n) is 10.2. The quantitative estimate of drug-likeness (QED) is 0.853. The van der Waals surface area contributed by atoms with Crippen molar-refractivity contribution in [2.45, 2.75) is 74.3 Å². The van der Waals surface area contributed by atoms with Crippen LogP contribution in [0.15, 0.2) is 12.1 Å². The molecule has 3 fully saturated rings. The summed E-state index contributed by atoms with van der Waals surface area (Å²) in [6.07, 6.45) is 4.76. The molecule has 2 bridgehead atoms. The molecule has 2 N–H and O–H groups in total. The van der Waals surface area contributed by atoms with Crippen molar-refractivity contribution in [2.75, 3.05) is 13.1 Å². The normalized spacial score (nSPS) is 43.5. The maximum Gasteiger partial charge on any atom is 0.165 e. The monoisotopic (exact) mass is 359 g/mol. The molecule has 3 unspecified atom stereocenters. The second-order valence-electron chi connectivity index (χ2n) is 9.19. The third-order valence-electron chi connectivity index (χ3n) is 8.19. The fourth-order valence-electron chi connectivity index (χ4n) is 6.77. The highest BCUT2D eigenvalue weighted by atomic mass is 19.1. The molecule has 3 aliphatic carbocycles. The van der Waals surface area contributed by atoms with Crippen molar-refractivity contribution in [3.63, 3.8) is 0 Å². The fraction of sp³-hybridized carbons (Fsp3) is 0.714. The van der Waals surface area contributed by atoms with Crippen molar-refractivity contribution in [3.05, 3.63) is 23.3 Å². The molecular formula is C21H26FNO3. The Balaban J connectivity index is 1.52. The van der Waals surface area contributed by atoms with Crippen LogP contribution in [0.5, 0.6) is 11.5 Å². The van der Waals surface area contributed by atoms with E-state index in [0.717, 1.165) is 24.2 Å². The number of piperidine rings is 1. The number of aromatic hydroxyl groups is 1. The van der Waals surface area contributed by atoms with Crippen LogP contribution in [0, 0.1) is 5.92 Å². The van der Waals surface area contributed by atoms with Crippen molar-refractivity contribution in [2.24, 2.45) is 5.92 Å². The molecule has 0 aromatic heterocycles. The number of likely N-dealkylation sites (tertiary alicyclic amines) is 1. The molecule has 5 atom stereocenters. The van der Waals surface area contributed by atoms with E-state index in [4.69, 9.17) is 4.74 Å². The van der Waals surface area contributed by atoms with Crippen molar-refractivity contribution in [3.8, 4) is 11.5 Å². The molecule has 4 nitrogen and oxygen atoms in total. The van der Waals surface area contributed by atoms with E-state index in [1.807, 2.05) is 6.07 Å². The Bertz CT molecular complexity index is 781. The second kappa shape index (κ2) is 4.93. The zero-order valence-corrected chi connectivity index (χ0v) is 15.0. The van der Waals surface area contributed by atoms with Gasteiger partial charge in [0.25, 0.3) is 0 Å². The molecule has 5 aliphatic rings. The average molecular weight is 359 g/mol. The number of rotatable bonds is 2. The lowest BCUT2D eigenvalue weighted by Gasteiger charge is -2.62. The minimum Gasteiger partial charge on any atom is -0.504 e. The number of phenols is 1. The summed E-state index contributed by atoms with van der Waals surface area (Å²) < 4.78 is 23.0. The topological polar surface area (TPSA) is 52.9 Å². The maximum atomic E-state index is 16.9. The smallest absolute Gasteiger partial charge is 0.165 e. The number of aliphatic hydroxyl groups is 1. The Kier molecular flexibility index (Phi) is 2.98. The lowest BCUT2D eigenvalue weighted by molar-refractivity contribution is -0.173. The summed E-state index contributed by atoms with van der Waals surface area (Å²) in [7, 11) is 0. The van der Waals surface area contributed by atoms with Crippen LogP contribution in [0.1, 0.15) is 49.7 Å². The van der Waals surface area contributed by atoms with Crippen molar-refractivity contribution in [1.82, 2.24) is 4.90 Å². The molecule has 5 heteroatoms. The predicted molar refractivity (Wildman–Crippen MR) is 94.3 cm³/mol. The van der Waals surface area contributed by atoms with Crippen molar-refractivity contribution < 1.29 is 19.3 Å². The predicted octanol–water partition coefficient (Wildman–Crippen LogP) is 2.68. The molecule has 2 heterocycles. The minimum absolute atomic E-state index is 0.0809. The van der Waals surface area contributed by atoms with E-state index < -0.39 is 23.3 Å². The van der Waals surface area contributed by atoms with Crippen molar-refractivity contribution in [1.29, 1.82) is 0 Å². The van der Waals surface area contributed by atoms with E-state index in [-0.39, 0.29) is 11.8 Å². The van der Waals surface area contributed by atoms with Gasteiger partial charge in [0.15, 0.2) is 11.5 Å². The van der Waals surface area contributed by atoms with E-state index in [0.29, 0.717) is 37.4 Å². The molecule has 26 heavy (non-hydrogen) atoms. The maximum absolute atomic E-state index is 16.9. The highest BCUT2D eigenvalue weighted by Crippen LogP contribution is 2.66. The van der Waals surface area contributed by atoms with Crippen LogP contribution in [0.3, 0.4) is 0 Å². The van der Waals surface area contributed by atoms with Gasteiger partial charge in [-0.25, -0.2) is 4.39 Å². The summed E-state index contributed by atoms with van der Waals surface area (Å²) in [5.41, 5.74) is -0.216. The first-order valence-corrected chi connectivity index (χ1v) is 10.2. The number of halogens is 1. The van der Waals surface area contributed by atoms with Gasteiger partial charge >= 0.3 is 0 Å². The molecule has 2 saturated carbocycles. The molecular weight excluding hydrogens is 333 g/mol. The van der Waals surface area contributed by atoms with Gasteiger partial charge in [-0.15, -0.1) is 0 Å². The van der Waals surface area contributed by atoms with Crippen LogP contribution >= 0.6 is 0 Å². The number of alkyl halides is 1. The Labute approximate surface area is 153 Å². The number of ether oxygens (including phenoxy) is 1. The minimum atomic E-state index is -1.38. The van der Waals surface area contributed by atoms with Gasteiger partial charge in [-0.3, -0.25) is 4.90 Å². The molecule has 1 saturated heterocycles. The van der Waals surface area contributed by atoms with E-state index in [1.54, 1.807) is 6.07 Å². The second-order valence-corrected chi connectivity index (χ2v) is 9.19. The van der Waals surface area contributed by atoms with Crippen LogP contribution < -0.4 is 4.74 Å². The number of phenolic OH excluding ortho intramolecular Hbond substituents is 1. The number of hydrogen-bond donors (Lipinski definition) is 2. The number of benzene rings is 1. The third kappa shape index (κ3) is 1.64. The molecule has 1 spiro atoms. The lowest BCUT2D eigenvalue weighted by Crippen LogP contribution is -2.75. The van der Waals surface area contributed by atoms with E-state index in [2.05, 4.69) is 4.90 Å². The summed E-state index contributed by atoms with van der Waals surface area (Å²) in [6, 6.07) is 3.48. The first-order chi connectivity index (χ1) is 12.5. The zero-order chi connectivity index (χ0) is 17.7. The van der Waals surface area contributed by atoms with Gasteiger partial charge in [0.1, 0.15) is 11.8 Å². The molecule has 1 aromatic rings. The molecule has 0 radical (unpaired) electrons. The van der Waals surface area contributed by atoms with E-state index >= 15 is 4.39 Å². The Morgan fingerprint density at radius 2 is 2.08 bits per heavy atom. The molecule has 0 amide bonds. The first kappa shape index (κ1) is 15.7. The zero-order valence-electron chi connectivity index (χ0n) is 15.0. The van der Waals surface area contributed by atoms with Gasteiger partial charge in [0, 0.05) is 18.2 Å². The Morgan fingerprint density at radius 1 is 1.23 bits per heavy atom. The Hall–Kier alpha value is -1.33. The van der Waals surface area contributed by atoms with Crippen LogP contribution in [0.2, 0.25) is 0 Å². The molecule has 140 valence electrons. The molecule has 6 rings (SSSR count). The van der Waals surface area contributed by atoms with Crippen LogP contribution in [0.25, 0.3) is 0 Å². The van der Waals surface area contributed by atoms with Gasteiger partial charge in [-0.2, -0.15) is 0 Å². The highest BCUT2D eigenvalue weighted by Gasteiger charge is 2.74. The summed E-state index contributed by atoms with van der Waals surface area (Å²) in [6.45, 7) is 1.86. The summed E-state index contributed by atoms with van der Waals surface area (Å²) >= 11 is 0. The summed E-state index contributed by atoms with van der Waals surface area (Å²) in [5.74, 6) is 1.23. The Morgan fingerprint density at radius 3 is 2.85 bits per heavy atom. The van der Waals surface area contributed by atoms with Crippen LogP contribution in [-0.4, -0.2) is 52.1 Å². The molecule has 1 aromatic carbocycles. The number of hydrogen-bond acceptors (Lipinski definition) is 4. The van der Waals surface area contributed by atoms with Gasteiger partial charge in [-0.05, 0) is 62.6 Å². The summed E-state index contributed by atoms with van der Waals surface area (Å²) in [4.78, 5) is 2.40. The van der Waals surface area contributed by atoms with Crippen LogP contribution in [-0.2, 0) is 11.8 Å². The van der Waals surface area contributed by atoms with Crippen LogP contribution in [0.4, 0.5) is 4.39 Å². The third-order valence-corrected chi connectivity index (χ3v) is 8.19. The lowest BCUT2D eigenvalue weighted by atomic mass is 9.49. The van der Waals surface area contributed by atoms with Gasteiger partial charge in [0.05, 0.1) is 11.5 Å². The number of nitrogens with zero attached hydrogens (tertiary/aromatic N) is 1. The fourth-order valence-corrected chi connectivity index (χ4v) is 6.77. The largest absolute Gasteiger partial charge is 0.504 e. The van der Waals surface area contributed by atoms with Crippen molar-refractivity contribution >= 4 is 0 Å². The standard InChI is InChI=1S/C21H26FNO3/c22-21-7-6-15(25)19-20(21)8-9-23(11-12-2-1-3-12)16(21)10-13-4-5-14(24)18(26-19)17(13)20/h4-5,12,15-16,19,24-25H,1-3,6-11H2/t15?,16-,19?,20+,21?/m1/s1. The van der Waals surface area contributed by atoms with E-state index in [1.165, 1.54) is 19.3 Å². The van der Waals surface area contributed by atoms with E-state index in [9.17, 15) is 10.2 Å². The number of aliphatic hydroxyl groups excluding tert-OH is 1. The highest BCUT2D eigenvalue weighted by molar-refractivity contribution is 5.62. The van der Waals surface area contributed by atoms with Gasteiger partial charge in [0.2, 0.25) is 0 Å². The van der Waals surface area contributed by atoms with Gasteiger partial charge < -0.3 is 14.9 Å². The average Bonchev–Trinajstić information content (AvgIpc) is 2.93. The molecule has 2 aliphatic heterocycles.